The average molecular weight is 250 g/mol. The number of hydrogen-bond acceptors (Lipinski definition) is 3. The molecule has 1 aromatic rings. The van der Waals surface area contributed by atoms with Crippen molar-refractivity contribution in [3.8, 4) is 0 Å². The van der Waals surface area contributed by atoms with Crippen molar-refractivity contribution in [3.63, 3.8) is 0 Å². The van der Waals surface area contributed by atoms with Crippen molar-refractivity contribution in [2.45, 2.75) is 25.8 Å². The quantitative estimate of drug-likeness (QED) is 0.776. The molecule has 0 amide bonds. The Labute approximate surface area is 111 Å². The molecule has 0 aliphatic rings. The second-order valence-corrected chi connectivity index (χ2v) is 5.59. The third kappa shape index (κ3) is 4.41. The van der Waals surface area contributed by atoms with E-state index in [-0.39, 0.29) is 6.61 Å². The van der Waals surface area contributed by atoms with Gasteiger partial charge in [-0.2, -0.15) is 0 Å². The molecular formula is C15H26N2O. The highest BCUT2D eigenvalue weighted by Gasteiger charge is 2.26. The minimum Gasteiger partial charge on any atom is -0.394 e. The maximum atomic E-state index is 9.59. The lowest BCUT2D eigenvalue weighted by Gasteiger charge is -2.30. The fourth-order valence-corrected chi connectivity index (χ4v) is 2.19. The number of aliphatic hydroxyl groups excluding tert-OH is 1. The molecule has 0 saturated carbocycles. The molecule has 0 aliphatic heterocycles. The highest BCUT2D eigenvalue weighted by molar-refractivity contribution is 5.24. The van der Waals surface area contributed by atoms with Crippen LogP contribution in [-0.4, -0.2) is 36.8 Å². The first kappa shape index (κ1) is 15.2. The van der Waals surface area contributed by atoms with E-state index in [0.29, 0.717) is 5.92 Å². The van der Waals surface area contributed by atoms with Gasteiger partial charge in [-0.25, -0.2) is 0 Å². The first-order valence-corrected chi connectivity index (χ1v) is 6.62. The van der Waals surface area contributed by atoms with Gasteiger partial charge >= 0.3 is 0 Å². The van der Waals surface area contributed by atoms with Gasteiger partial charge in [-0.3, -0.25) is 0 Å². The fourth-order valence-electron chi connectivity index (χ4n) is 2.19. The van der Waals surface area contributed by atoms with Gasteiger partial charge in [0.15, 0.2) is 0 Å². The summed E-state index contributed by atoms with van der Waals surface area (Å²) in [5, 5.41) is 9.59. The van der Waals surface area contributed by atoms with Crippen LogP contribution in [0.3, 0.4) is 0 Å². The summed E-state index contributed by atoms with van der Waals surface area (Å²) >= 11 is 0. The second kappa shape index (κ2) is 6.88. The van der Waals surface area contributed by atoms with Crippen molar-refractivity contribution in [2.75, 3.05) is 26.7 Å². The molecule has 3 N–H and O–H groups in total. The molecule has 0 radical (unpaired) electrons. The van der Waals surface area contributed by atoms with Crippen molar-refractivity contribution in [2.24, 2.45) is 11.7 Å². The van der Waals surface area contributed by atoms with Gasteiger partial charge in [0, 0.05) is 13.1 Å². The maximum Gasteiger partial charge on any atom is 0.0656 e. The molecule has 102 valence electrons. The van der Waals surface area contributed by atoms with E-state index in [0.717, 1.165) is 25.1 Å². The number of hydrogen-bond donors (Lipinski definition) is 2. The minimum absolute atomic E-state index is 0.0213. The van der Waals surface area contributed by atoms with Crippen molar-refractivity contribution in [3.05, 3.63) is 35.9 Å². The first-order chi connectivity index (χ1) is 8.48. The topological polar surface area (TPSA) is 49.5 Å². The summed E-state index contributed by atoms with van der Waals surface area (Å²) in [5.74, 6) is 0.646. The number of aliphatic hydroxyl groups is 1. The van der Waals surface area contributed by atoms with E-state index in [9.17, 15) is 5.11 Å². The Hall–Kier alpha value is -0.900. The van der Waals surface area contributed by atoms with Gasteiger partial charge in [0.2, 0.25) is 0 Å². The van der Waals surface area contributed by atoms with E-state index >= 15 is 0 Å². The number of nitrogens with zero attached hydrogens (tertiary/aromatic N) is 1. The van der Waals surface area contributed by atoms with Crippen molar-refractivity contribution < 1.29 is 5.11 Å². The lowest BCUT2D eigenvalue weighted by atomic mass is 9.88. The summed E-state index contributed by atoms with van der Waals surface area (Å²) in [7, 11) is 2.10. The average Bonchev–Trinajstić information content (AvgIpc) is 2.36. The van der Waals surface area contributed by atoms with Crippen LogP contribution < -0.4 is 5.73 Å². The SMILES string of the molecule is CC(C)CN(C)CCC(N)(CO)c1ccccc1. The first-order valence-electron chi connectivity index (χ1n) is 6.62. The van der Waals surface area contributed by atoms with Gasteiger partial charge in [0.1, 0.15) is 0 Å². The van der Waals surface area contributed by atoms with Crippen LogP contribution in [-0.2, 0) is 5.54 Å². The normalized spacial score (nSPS) is 15.1. The van der Waals surface area contributed by atoms with Crippen LogP contribution >= 0.6 is 0 Å². The molecule has 0 saturated heterocycles. The second-order valence-electron chi connectivity index (χ2n) is 5.59. The molecule has 1 unspecified atom stereocenters. The summed E-state index contributed by atoms with van der Waals surface area (Å²) in [6.45, 7) is 6.33. The van der Waals surface area contributed by atoms with E-state index in [1.54, 1.807) is 0 Å². The lowest BCUT2D eigenvalue weighted by Crippen LogP contribution is -2.43. The van der Waals surface area contributed by atoms with E-state index in [1.165, 1.54) is 0 Å². The van der Waals surface area contributed by atoms with Gasteiger partial charge < -0.3 is 15.7 Å². The Bertz CT molecular complexity index is 340. The summed E-state index contributed by atoms with van der Waals surface area (Å²) in [6.07, 6.45) is 0.761. The van der Waals surface area contributed by atoms with Crippen LogP contribution in [0, 0.1) is 5.92 Å². The van der Waals surface area contributed by atoms with Crippen molar-refractivity contribution in [1.82, 2.24) is 4.90 Å². The van der Waals surface area contributed by atoms with Crippen LogP contribution in [0.25, 0.3) is 0 Å². The Morgan fingerprint density at radius 3 is 2.39 bits per heavy atom. The Morgan fingerprint density at radius 1 is 1.28 bits per heavy atom. The molecule has 3 heteroatoms. The highest BCUT2D eigenvalue weighted by Crippen LogP contribution is 2.21. The number of benzene rings is 1. The maximum absolute atomic E-state index is 9.59. The van der Waals surface area contributed by atoms with Gasteiger partial charge in [0.25, 0.3) is 0 Å². The monoisotopic (exact) mass is 250 g/mol. The zero-order chi connectivity index (χ0) is 13.6. The molecule has 18 heavy (non-hydrogen) atoms. The summed E-state index contributed by atoms with van der Waals surface area (Å²) in [6, 6.07) is 9.86. The van der Waals surface area contributed by atoms with Crippen LogP contribution in [0.4, 0.5) is 0 Å². The number of nitrogens with two attached hydrogens (primary N) is 1. The van der Waals surface area contributed by atoms with Gasteiger partial charge in [-0.1, -0.05) is 44.2 Å². The predicted molar refractivity (Wildman–Crippen MR) is 76.3 cm³/mol. The van der Waals surface area contributed by atoms with Crippen LogP contribution in [0.15, 0.2) is 30.3 Å². The van der Waals surface area contributed by atoms with Gasteiger partial charge in [-0.05, 0) is 24.9 Å². The minimum atomic E-state index is -0.632. The zero-order valence-corrected chi connectivity index (χ0v) is 11.8. The fraction of sp³-hybridized carbons (Fsp3) is 0.600. The largest absolute Gasteiger partial charge is 0.394 e. The molecule has 0 heterocycles. The molecule has 0 fully saturated rings. The summed E-state index contributed by atoms with van der Waals surface area (Å²) < 4.78 is 0. The highest BCUT2D eigenvalue weighted by atomic mass is 16.3. The van der Waals surface area contributed by atoms with Crippen LogP contribution in [0.2, 0.25) is 0 Å². The molecule has 1 rings (SSSR count). The Balaban J connectivity index is 2.61. The Morgan fingerprint density at radius 2 is 1.89 bits per heavy atom. The van der Waals surface area contributed by atoms with Crippen molar-refractivity contribution in [1.29, 1.82) is 0 Å². The third-order valence-electron chi connectivity index (χ3n) is 3.25. The van der Waals surface area contributed by atoms with E-state index in [2.05, 4.69) is 25.8 Å². The predicted octanol–water partition coefficient (Wildman–Crippen LogP) is 1.81. The smallest absolute Gasteiger partial charge is 0.0656 e. The molecule has 3 nitrogen and oxygen atoms in total. The van der Waals surface area contributed by atoms with E-state index in [1.807, 2.05) is 30.3 Å². The van der Waals surface area contributed by atoms with Crippen molar-refractivity contribution >= 4 is 0 Å². The van der Waals surface area contributed by atoms with Crippen LogP contribution in [0.1, 0.15) is 25.8 Å². The Kier molecular flexibility index (Phi) is 5.79. The van der Waals surface area contributed by atoms with Crippen LogP contribution in [0.5, 0.6) is 0 Å². The molecule has 0 bridgehead atoms. The summed E-state index contributed by atoms with van der Waals surface area (Å²) in [4.78, 5) is 2.27. The van der Waals surface area contributed by atoms with Gasteiger partial charge in [0.05, 0.1) is 12.1 Å². The van der Waals surface area contributed by atoms with E-state index < -0.39 is 5.54 Å². The molecule has 1 aromatic carbocycles. The molecule has 1 atom stereocenters. The third-order valence-corrected chi connectivity index (χ3v) is 3.25. The standard InChI is InChI=1S/C15H26N2O/c1-13(2)11-17(3)10-9-15(16,12-18)14-7-5-4-6-8-14/h4-8,13,18H,9-12,16H2,1-3H3. The zero-order valence-electron chi connectivity index (χ0n) is 11.8. The summed E-state index contributed by atoms with van der Waals surface area (Å²) in [5.41, 5.74) is 6.69. The number of rotatable bonds is 7. The molecule has 0 aliphatic carbocycles. The molecule has 0 spiro atoms. The molecule has 0 aromatic heterocycles. The van der Waals surface area contributed by atoms with Gasteiger partial charge in [-0.15, -0.1) is 0 Å². The lowest BCUT2D eigenvalue weighted by molar-refractivity contribution is 0.167. The molecular weight excluding hydrogens is 224 g/mol. The van der Waals surface area contributed by atoms with E-state index in [4.69, 9.17) is 5.73 Å².